The minimum Gasteiger partial charge on any atom is -0.452 e. The molecule has 0 aliphatic carbocycles. The second-order valence-corrected chi connectivity index (χ2v) is 5.31. The van der Waals surface area contributed by atoms with Gasteiger partial charge in [0.1, 0.15) is 0 Å². The van der Waals surface area contributed by atoms with Gasteiger partial charge < -0.3 is 10.1 Å². The first-order chi connectivity index (χ1) is 10.5. The molecule has 0 aromatic heterocycles. The highest BCUT2D eigenvalue weighted by Crippen LogP contribution is 2.15. The van der Waals surface area contributed by atoms with Crippen LogP contribution in [0.1, 0.15) is 27.0 Å². The van der Waals surface area contributed by atoms with Crippen LogP contribution in [-0.2, 0) is 9.53 Å². The van der Waals surface area contributed by atoms with Gasteiger partial charge in [-0.05, 0) is 44.5 Å². The molecule has 2 aromatic rings. The molecule has 114 valence electrons. The van der Waals surface area contributed by atoms with Crippen molar-refractivity contribution in [3.8, 4) is 0 Å². The van der Waals surface area contributed by atoms with Crippen molar-refractivity contribution in [1.29, 1.82) is 0 Å². The van der Waals surface area contributed by atoms with Crippen molar-refractivity contribution in [3.63, 3.8) is 0 Å². The zero-order chi connectivity index (χ0) is 16.1. The number of benzene rings is 2. The molecule has 0 bridgehead atoms. The lowest BCUT2D eigenvalue weighted by atomic mass is 10.1. The first kappa shape index (κ1) is 15.8. The lowest BCUT2D eigenvalue weighted by molar-refractivity contribution is -0.119. The van der Waals surface area contributed by atoms with Crippen molar-refractivity contribution in [2.45, 2.75) is 20.8 Å². The summed E-state index contributed by atoms with van der Waals surface area (Å²) >= 11 is 0. The van der Waals surface area contributed by atoms with E-state index >= 15 is 0 Å². The number of rotatable bonds is 4. The van der Waals surface area contributed by atoms with Gasteiger partial charge in [0.05, 0.1) is 5.56 Å². The number of anilines is 1. The summed E-state index contributed by atoms with van der Waals surface area (Å²) in [6, 6.07) is 12.8. The molecular weight excluding hydrogens is 278 g/mol. The smallest absolute Gasteiger partial charge is 0.338 e. The molecule has 4 heteroatoms. The minimum atomic E-state index is -0.500. The number of amides is 1. The summed E-state index contributed by atoms with van der Waals surface area (Å²) in [5.74, 6) is -0.854. The maximum atomic E-state index is 11.9. The average molecular weight is 297 g/mol. The van der Waals surface area contributed by atoms with Crippen molar-refractivity contribution in [3.05, 3.63) is 64.7 Å². The van der Waals surface area contributed by atoms with Gasteiger partial charge in [0.2, 0.25) is 0 Å². The highest BCUT2D eigenvalue weighted by atomic mass is 16.5. The number of carbonyl (C=O) groups excluding carboxylic acids is 2. The lowest BCUT2D eigenvalue weighted by Crippen LogP contribution is -2.21. The van der Waals surface area contributed by atoms with Crippen LogP contribution in [0.2, 0.25) is 0 Å². The van der Waals surface area contributed by atoms with Crippen LogP contribution in [0.15, 0.2) is 42.5 Å². The van der Waals surface area contributed by atoms with Crippen LogP contribution in [0.25, 0.3) is 0 Å². The van der Waals surface area contributed by atoms with E-state index in [0.29, 0.717) is 5.56 Å². The molecule has 1 amide bonds. The minimum absolute atomic E-state index is 0.305. The number of esters is 1. The zero-order valence-corrected chi connectivity index (χ0v) is 13.0. The van der Waals surface area contributed by atoms with Crippen LogP contribution in [0.3, 0.4) is 0 Å². The first-order valence-corrected chi connectivity index (χ1v) is 7.06. The summed E-state index contributed by atoms with van der Waals surface area (Å²) in [6.07, 6.45) is 0. The maximum Gasteiger partial charge on any atom is 0.338 e. The van der Waals surface area contributed by atoms with Gasteiger partial charge in [-0.15, -0.1) is 0 Å². The molecule has 0 atom stereocenters. The van der Waals surface area contributed by atoms with Gasteiger partial charge in [-0.2, -0.15) is 0 Å². The summed E-state index contributed by atoms with van der Waals surface area (Å²) in [5, 5.41) is 2.74. The monoisotopic (exact) mass is 297 g/mol. The van der Waals surface area contributed by atoms with Crippen LogP contribution >= 0.6 is 0 Å². The number of carbonyl (C=O) groups is 2. The van der Waals surface area contributed by atoms with E-state index in [2.05, 4.69) is 5.32 Å². The van der Waals surface area contributed by atoms with Gasteiger partial charge in [0, 0.05) is 5.69 Å². The largest absolute Gasteiger partial charge is 0.452 e. The molecule has 0 saturated heterocycles. The summed E-state index contributed by atoms with van der Waals surface area (Å²) in [7, 11) is 0. The van der Waals surface area contributed by atoms with Gasteiger partial charge in [-0.1, -0.05) is 35.4 Å². The Labute approximate surface area is 130 Å². The molecule has 0 fully saturated rings. The Morgan fingerprint density at radius 3 is 2.41 bits per heavy atom. The molecule has 22 heavy (non-hydrogen) atoms. The summed E-state index contributed by atoms with van der Waals surface area (Å²) in [4.78, 5) is 23.7. The Balaban J connectivity index is 1.91. The Morgan fingerprint density at radius 2 is 1.73 bits per heavy atom. The quantitative estimate of drug-likeness (QED) is 0.880. The molecule has 4 nitrogen and oxygen atoms in total. The molecule has 0 saturated carbocycles. The predicted octanol–water partition coefficient (Wildman–Crippen LogP) is 3.41. The normalized spacial score (nSPS) is 10.1. The van der Waals surface area contributed by atoms with Gasteiger partial charge in [-0.25, -0.2) is 4.79 Å². The highest BCUT2D eigenvalue weighted by molar-refractivity contribution is 5.95. The number of aryl methyl sites for hydroxylation is 3. The second kappa shape index (κ2) is 6.89. The van der Waals surface area contributed by atoms with Crippen LogP contribution in [0, 0.1) is 20.8 Å². The Morgan fingerprint density at radius 1 is 1.00 bits per heavy atom. The molecule has 0 heterocycles. The number of hydrogen-bond donors (Lipinski definition) is 1. The van der Waals surface area contributed by atoms with E-state index in [1.165, 1.54) is 0 Å². The Hall–Kier alpha value is -2.62. The van der Waals surface area contributed by atoms with Crippen LogP contribution in [0.5, 0.6) is 0 Å². The van der Waals surface area contributed by atoms with Crippen molar-refractivity contribution in [2.75, 3.05) is 11.9 Å². The van der Waals surface area contributed by atoms with E-state index < -0.39 is 5.97 Å². The number of nitrogens with one attached hydrogen (secondary N) is 1. The molecule has 2 rings (SSSR count). The molecule has 0 radical (unpaired) electrons. The third kappa shape index (κ3) is 4.19. The van der Waals surface area contributed by atoms with Crippen LogP contribution < -0.4 is 5.32 Å². The molecule has 1 N–H and O–H groups in total. The van der Waals surface area contributed by atoms with Gasteiger partial charge in [-0.3, -0.25) is 4.79 Å². The fourth-order valence-corrected chi connectivity index (χ4v) is 2.13. The second-order valence-electron chi connectivity index (χ2n) is 5.31. The van der Waals surface area contributed by atoms with Crippen molar-refractivity contribution in [2.24, 2.45) is 0 Å². The van der Waals surface area contributed by atoms with Crippen LogP contribution in [0.4, 0.5) is 5.69 Å². The standard InChI is InChI=1S/C18H19NO3/c1-12-5-4-6-15(10-12)18(21)22-11-17(20)19-16-8-7-13(2)9-14(16)3/h4-10H,11H2,1-3H3,(H,19,20). The number of ether oxygens (including phenoxy) is 1. The number of hydrogen-bond acceptors (Lipinski definition) is 3. The molecule has 0 aliphatic rings. The van der Waals surface area contributed by atoms with Crippen molar-refractivity contribution < 1.29 is 14.3 Å². The Bertz CT molecular complexity index is 707. The third-order valence-electron chi connectivity index (χ3n) is 3.24. The van der Waals surface area contributed by atoms with E-state index in [-0.39, 0.29) is 12.5 Å². The molecule has 2 aromatic carbocycles. The third-order valence-corrected chi connectivity index (χ3v) is 3.24. The summed E-state index contributed by atoms with van der Waals surface area (Å²) in [5.41, 5.74) is 4.23. The lowest BCUT2D eigenvalue weighted by Gasteiger charge is -2.09. The van der Waals surface area contributed by atoms with E-state index in [9.17, 15) is 9.59 Å². The van der Waals surface area contributed by atoms with Gasteiger partial charge in [0.15, 0.2) is 6.61 Å². The van der Waals surface area contributed by atoms with E-state index in [0.717, 1.165) is 22.4 Å². The maximum absolute atomic E-state index is 11.9. The predicted molar refractivity (Wildman–Crippen MR) is 86.0 cm³/mol. The van der Waals surface area contributed by atoms with Crippen molar-refractivity contribution >= 4 is 17.6 Å². The molecular formula is C18H19NO3. The molecule has 0 unspecified atom stereocenters. The Kier molecular flexibility index (Phi) is 4.94. The topological polar surface area (TPSA) is 55.4 Å². The zero-order valence-electron chi connectivity index (χ0n) is 13.0. The first-order valence-electron chi connectivity index (χ1n) is 7.06. The fraction of sp³-hybridized carbons (Fsp3) is 0.222. The molecule has 0 spiro atoms. The van der Waals surface area contributed by atoms with E-state index in [1.807, 2.05) is 45.0 Å². The van der Waals surface area contributed by atoms with E-state index in [4.69, 9.17) is 4.74 Å². The fourth-order valence-electron chi connectivity index (χ4n) is 2.13. The summed E-state index contributed by atoms with van der Waals surface area (Å²) < 4.78 is 5.03. The summed E-state index contributed by atoms with van der Waals surface area (Å²) in [6.45, 7) is 5.49. The average Bonchev–Trinajstić information content (AvgIpc) is 2.47. The van der Waals surface area contributed by atoms with Crippen LogP contribution in [-0.4, -0.2) is 18.5 Å². The van der Waals surface area contributed by atoms with Gasteiger partial charge in [0.25, 0.3) is 5.91 Å². The molecule has 0 aliphatic heterocycles. The van der Waals surface area contributed by atoms with Crippen molar-refractivity contribution in [1.82, 2.24) is 0 Å². The van der Waals surface area contributed by atoms with E-state index in [1.54, 1.807) is 18.2 Å². The SMILES string of the molecule is Cc1cccc(C(=O)OCC(=O)Nc2ccc(C)cc2C)c1. The highest BCUT2D eigenvalue weighted by Gasteiger charge is 2.11. The van der Waals surface area contributed by atoms with Gasteiger partial charge >= 0.3 is 5.97 Å².